The van der Waals surface area contributed by atoms with Gasteiger partial charge in [-0.3, -0.25) is 9.59 Å². The van der Waals surface area contributed by atoms with E-state index >= 15 is 0 Å². The minimum Gasteiger partial charge on any atom is -0.493 e. The van der Waals surface area contributed by atoms with Crippen molar-refractivity contribution in [3.05, 3.63) is 87.6 Å². The second-order valence-electron chi connectivity index (χ2n) is 8.49. The normalized spacial score (nSPS) is 10.8. The molecule has 0 fully saturated rings. The van der Waals surface area contributed by atoms with Crippen molar-refractivity contribution in [2.75, 3.05) is 27.4 Å². The molecular weight excluding hydrogens is 458 g/mol. The molecule has 0 radical (unpaired) electrons. The third-order valence-electron chi connectivity index (χ3n) is 5.85. The van der Waals surface area contributed by atoms with Crippen molar-refractivity contribution in [3.63, 3.8) is 0 Å². The molecule has 0 aliphatic rings. The van der Waals surface area contributed by atoms with E-state index in [0.29, 0.717) is 41.0 Å². The highest BCUT2D eigenvalue weighted by atomic mass is 16.5. The Kier molecular flexibility index (Phi) is 7.59. The fourth-order valence-corrected chi connectivity index (χ4v) is 4.11. The average molecular weight is 488 g/mol. The highest BCUT2D eigenvalue weighted by molar-refractivity contribution is 5.85. The third-order valence-corrected chi connectivity index (χ3v) is 5.85. The summed E-state index contributed by atoms with van der Waals surface area (Å²) in [7, 11) is 3.08. The zero-order valence-electron chi connectivity index (χ0n) is 20.8. The Morgan fingerprint density at radius 1 is 0.944 bits per heavy atom. The summed E-state index contributed by atoms with van der Waals surface area (Å²) < 4.78 is 22.8. The number of rotatable bonds is 9. The van der Waals surface area contributed by atoms with Crippen molar-refractivity contribution in [3.8, 4) is 28.6 Å². The van der Waals surface area contributed by atoms with Gasteiger partial charge >= 0.3 is 0 Å². The maximum absolute atomic E-state index is 13.5. The largest absolute Gasteiger partial charge is 0.493 e. The fraction of sp³-hybridized carbons (Fsp3) is 0.241. The van der Waals surface area contributed by atoms with Crippen molar-refractivity contribution in [2.45, 2.75) is 20.3 Å². The van der Waals surface area contributed by atoms with E-state index in [0.717, 1.165) is 16.7 Å². The summed E-state index contributed by atoms with van der Waals surface area (Å²) in [6, 6.07) is 18.8. The van der Waals surface area contributed by atoms with Crippen LogP contribution in [0.25, 0.3) is 22.3 Å². The van der Waals surface area contributed by atoms with Crippen LogP contribution >= 0.6 is 0 Å². The molecule has 0 spiro atoms. The summed E-state index contributed by atoms with van der Waals surface area (Å²) in [6.45, 7) is 3.93. The topological polar surface area (TPSA) is 87.0 Å². The second-order valence-corrected chi connectivity index (χ2v) is 8.49. The minimum atomic E-state index is -0.343. The summed E-state index contributed by atoms with van der Waals surface area (Å²) in [5.41, 5.74) is 3.56. The van der Waals surface area contributed by atoms with Gasteiger partial charge in [-0.15, -0.1) is 0 Å². The fourth-order valence-electron chi connectivity index (χ4n) is 4.11. The maximum atomic E-state index is 13.5. The lowest BCUT2D eigenvalue weighted by Crippen LogP contribution is -2.31. The van der Waals surface area contributed by atoms with Gasteiger partial charge in [0.2, 0.25) is 11.2 Å². The zero-order chi connectivity index (χ0) is 25.7. The van der Waals surface area contributed by atoms with E-state index in [9.17, 15) is 9.59 Å². The van der Waals surface area contributed by atoms with E-state index in [1.165, 1.54) is 7.11 Å². The van der Waals surface area contributed by atoms with Crippen LogP contribution in [-0.4, -0.2) is 33.3 Å². The zero-order valence-corrected chi connectivity index (χ0v) is 20.8. The number of methoxy groups -OCH3 is 2. The summed E-state index contributed by atoms with van der Waals surface area (Å²) in [4.78, 5) is 26.1. The Hall–Kier alpha value is -4.26. The van der Waals surface area contributed by atoms with Crippen LogP contribution in [0.2, 0.25) is 0 Å². The smallest absolute Gasteiger partial charge is 0.257 e. The lowest BCUT2D eigenvalue weighted by Gasteiger charge is -2.14. The minimum absolute atomic E-state index is 0.0297. The molecule has 0 atom stereocenters. The van der Waals surface area contributed by atoms with E-state index < -0.39 is 0 Å². The Labute approximate surface area is 209 Å². The van der Waals surface area contributed by atoms with Gasteiger partial charge in [-0.25, -0.2) is 0 Å². The third kappa shape index (κ3) is 5.35. The molecule has 0 saturated carbocycles. The van der Waals surface area contributed by atoms with E-state index in [2.05, 4.69) is 5.32 Å². The van der Waals surface area contributed by atoms with Gasteiger partial charge in [0.1, 0.15) is 5.58 Å². The SMILES string of the molecule is COc1ccc(-c2oc3c(C)cc(C)cc3c(=O)c2OCC(=O)NCCc2ccccc2)cc1OC. The van der Waals surface area contributed by atoms with Crippen LogP contribution in [0.1, 0.15) is 16.7 Å². The number of ether oxygens (including phenoxy) is 3. The Balaban J connectivity index is 1.66. The average Bonchev–Trinajstić information content (AvgIpc) is 2.88. The maximum Gasteiger partial charge on any atom is 0.257 e. The van der Waals surface area contributed by atoms with Crippen LogP contribution in [0.5, 0.6) is 17.2 Å². The molecule has 3 aromatic carbocycles. The first kappa shape index (κ1) is 24.9. The lowest BCUT2D eigenvalue weighted by atomic mass is 10.0. The van der Waals surface area contributed by atoms with Crippen LogP contribution in [-0.2, 0) is 11.2 Å². The molecule has 36 heavy (non-hydrogen) atoms. The molecule has 186 valence electrons. The lowest BCUT2D eigenvalue weighted by molar-refractivity contribution is -0.123. The molecule has 1 aromatic heterocycles. The highest BCUT2D eigenvalue weighted by Crippen LogP contribution is 2.37. The van der Waals surface area contributed by atoms with Gasteiger partial charge in [-0.1, -0.05) is 36.4 Å². The number of benzene rings is 3. The molecule has 0 saturated heterocycles. The van der Waals surface area contributed by atoms with Gasteiger partial charge in [0.05, 0.1) is 19.6 Å². The first-order valence-electron chi connectivity index (χ1n) is 11.6. The number of hydrogen-bond acceptors (Lipinski definition) is 6. The van der Waals surface area contributed by atoms with E-state index in [1.54, 1.807) is 31.4 Å². The molecule has 0 aliphatic carbocycles. The van der Waals surface area contributed by atoms with Crippen molar-refractivity contribution in [1.29, 1.82) is 0 Å². The van der Waals surface area contributed by atoms with Crippen LogP contribution in [0.15, 0.2) is 69.9 Å². The Morgan fingerprint density at radius 3 is 2.42 bits per heavy atom. The number of amides is 1. The van der Waals surface area contributed by atoms with Crippen LogP contribution in [0.4, 0.5) is 0 Å². The molecule has 0 unspecified atom stereocenters. The quantitative estimate of drug-likeness (QED) is 0.364. The molecule has 1 amide bonds. The summed E-state index contributed by atoms with van der Waals surface area (Å²) >= 11 is 0. The predicted molar refractivity (Wildman–Crippen MR) is 139 cm³/mol. The first-order chi connectivity index (χ1) is 17.4. The number of carbonyl (C=O) groups excluding carboxylic acids is 1. The molecule has 4 aromatic rings. The van der Waals surface area contributed by atoms with Gasteiger partial charge < -0.3 is 23.9 Å². The summed E-state index contributed by atoms with van der Waals surface area (Å²) in [5, 5.41) is 3.23. The van der Waals surface area contributed by atoms with Crippen molar-refractivity contribution < 1.29 is 23.4 Å². The monoisotopic (exact) mass is 487 g/mol. The van der Waals surface area contributed by atoms with Crippen LogP contribution in [0, 0.1) is 13.8 Å². The molecule has 0 aliphatic heterocycles. The van der Waals surface area contributed by atoms with Crippen molar-refractivity contribution in [2.24, 2.45) is 0 Å². The van der Waals surface area contributed by atoms with Crippen LogP contribution in [0.3, 0.4) is 0 Å². The molecule has 1 N–H and O–H groups in total. The van der Waals surface area contributed by atoms with E-state index in [-0.39, 0.29) is 29.5 Å². The van der Waals surface area contributed by atoms with Gasteiger partial charge in [-0.05, 0) is 61.2 Å². The molecule has 1 heterocycles. The van der Waals surface area contributed by atoms with Gasteiger partial charge in [-0.2, -0.15) is 0 Å². The number of nitrogens with one attached hydrogen (secondary N) is 1. The predicted octanol–water partition coefficient (Wildman–Crippen LogP) is 4.83. The highest BCUT2D eigenvalue weighted by Gasteiger charge is 2.21. The van der Waals surface area contributed by atoms with Crippen LogP contribution < -0.4 is 25.0 Å². The molecule has 0 bridgehead atoms. The molecule has 7 heteroatoms. The standard InChI is InChI=1S/C29H29NO6/c1-18-14-19(2)27-22(15-18)26(32)29(28(36-27)21-10-11-23(33-3)24(16-21)34-4)35-17-25(31)30-13-12-20-8-6-5-7-9-20/h5-11,14-16H,12-13,17H2,1-4H3,(H,30,31). The molecule has 4 rings (SSSR count). The van der Waals surface area contributed by atoms with Gasteiger partial charge in [0.25, 0.3) is 5.91 Å². The summed E-state index contributed by atoms with van der Waals surface area (Å²) in [5.74, 6) is 0.874. The van der Waals surface area contributed by atoms with Gasteiger partial charge in [0, 0.05) is 12.1 Å². The Morgan fingerprint density at radius 2 is 1.69 bits per heavy atom. The number of carbonyl (C=O) groups is 1. The second kappa shape index (κ2) is 11.0. The number of aryl methyl sites for hydroxylation is 2. The first-order valence-corrected chi connectivity index (χ1v) is 11.6. The number of hydrogen-bond donors (Lipinski definition) is 1. The van der Waals surface area contributed by atoms with E-state index in [4.69, 9.17) is 18.6 Å². The van der Waals surface area contributed by atoms with Gasteiger partial charge in [0.15, 0.2) is 23.9 Å². The van der Waals surface area contributed by atoms with Crippen molar-refractivity contribution >= 4 is 16.9 Å². The molecular formula is C29H29NO6. The van der Waals surface area contributed by atoms with E-state index in [1.807, 2.05) is 50.2 Å². The Bertz CT molecular complexity index is 1440. The number of fused-ring (bicyclic) bond motifs is 1. The summed E-state index contributed by atoms with van der Waals surface area (Å²) in [6.07, 6.45) is 0.695. The van der Waals surface area contributed by atoms with Crippen molar-refractivity contribution in [1.82, 2.24) is 5.32 Å². The molecule has 7 nitrogen and oxygen atoms in total.